The van der Waals surface area contributed by atoms with Crippen LogP contribution >= 0.6 is 0 Å². The number of nitrogens with two attached hydrogens (primary N) is 1. The van der Waals surface area contributed by atoms with E-state index in [0.717, 1.165) is 30.7 Å². The normalized spacial score (nSPS) is 24.3. The van der Waals surface area contributed by atoms with Crippen LogP contribution in [0, 0.1) is 19.8 Å². The Kier molecular flexibility index (Phi) is 3.76. The molecule has 1 aromatic rings. The number of piperidine rings is 1. The minimum absolute atomic E-state index is 0.0112. The molecule has 2 N–H and O–H groups in total. The number of nitrogens with zero attached hydrogens (tertiary/aromatic N) is 1. The van der Waals surface area contributed by atoms with Crippen molar-refractivity contribution in [3.63, 3.8) is 0 Å². The van der Waals surface area contributed by atoms with Crippen molar-refractivity contribution in [1.82, 2.24) is 4.90 Å². The molecule has 2 heterocycles. The summed E-state index contributed by atoms with van der Waals surface area (Å²) in [7, 11) is 0. The largest absolute Gasteiger partial charge is 0.456 e. The highest BCUT2D eigenvalue weighted by atomic mass is 16.4. The lowest BCUT2D eigenvalue weighted by atomic mass is 9.92. The van der Waals surface area contributed by atoms with Crippen molar-refractivity contribution in [3.05, 3.63) is 23.2 Å². The minimum Gasteiger partial charge on any atom is -0.456 e. The molecule has 1 aromatic heterocycles. The smallest absolute Gasteiger partial charge is 0.290 e. The first kappa shape index (κ1) is 13.1. The summed E-state index contributed by atoms with van der Waals surface area (Å²) >= 11 is 0. The van der Waals surface area contributed by atoms with E-state index in [1.54, 1.807) is 0 Å². The van der Waals surface area contributed by atoms with E-state index in [1.807, 2.05) is 24.8 Å². The van der Waals surface area contributed by atoms with Crippen LogP contribution in [0.1, 0.15) is 41.6 Å². The number of aryl methyl sites for hydroxylation is 2. The average molecular weight is 250 g/mol. The molecule has 0 saturated carbocycles. The first-order valence-electron chi connectivity index (χ1n) is 6.61. The number of furan rings is 1. The van der Waals surface area contributed by atoms with Crippen LogP contribution in [0.2, 0.25) is 0 Å². The van der Waals surface area contributed by atoms with Crippen molar-refractivity contribution in [1.29, 1.82) is 0 Å². The van der Waals surface area contributed by atoms with Crippen LogP contribution in [-0.4, -0.2) is 29.9 Å². The molecule has 4 heteroatoms. The molecule has 0 aromatic carbocycles. The van der Waals surface area contributed by atoms with E-state index in [1.165, 1.54) is 0 Å². The zero-order chi connectivity index (χ0) is 13.3. The van der Waals surface area contributed by atoms with Gasteiger partial charge in [-0.05, 0) is 38.7 Å². The van der Waals surface area contributed by atoms with Crippen LogP contribution in [-0.2, 0) is 0 Å². The molecule has 0 aliphatic carbocycles. The second-order valence-corrected chi connectivity index (χ2v) is 5.39. The molecule has 0 bridgehead atoms. The Morgan fingerprint density at radius 2 is 2.28 bits per heavy atom. The van der Waals surface area contributed by atoms with Crippen molar-refractivity contribution in [3.8, 4) is 0 Å². The number of carbonyl (C=O) groups excluding carboxylic acids is 1. The summed E-state index contributed by atoms with van der Waals surface area (Å²) in [6.07, 6.45) is 2.03. The van der Waals surface area contributed by atoms with E-state index >= 15 is 0 Å². The molecule has 1 fully saturated rings. The lowest BCUT2D eigenvalue weighted by molar-refractivity contribution is 0.0539. The summed E-state index contributed by atoms with van der Waals surface area (Å²) in [6, 6.07) is 2.04. The topological polar surface area (TPSA) is 59.5 Å². The van der Waals surface area contributed by atoms with E-state index in [0.29, 0.717) is 18.2 Å². The molecule has 0 spiro atoms. The first-order chi connectivity index (χ1) is 8.52. The van der Waals surface area contributed by atoms with Crippen molar-refractivity contribution < 1.29 is 9.21 Å². The lowest BCUT2D eigenvalue weighted by Gasteiger charge is -2.37. The highest BCUT2D eigenvalue weighted by Crippen LogP contribution is 2.25. The van der Waals surface area contributed by atoms with Gasteiger partial charge in [0.1, 0.15) is 5.76 Å². The predicted octanol–water partition coefficient (Wildman–Crippen LogP) is 2.10. The zero-order valence-electron chi connectivity index (χ0n) is 11.4. The van der Waals surface area contributed by atoms with Gasteiger partial charge in [-0.2, -0.15) is 0 Å². The second-order valence-electron chi connectivity index (χ2n) is 5.39. The number of hydrogen-bond donors (Lipinski definition) is 1. The Labute approximate surface area is 108 Å². The summed E-state index contributed by atoms with van der Waals surface area (Å²) < 4.78 is 5.52. The number of rotatable bonds is 2. The summed E-state index contributed by atoms with van der Waals surface area (Å²) in [4.78, 5) is 14.4. The SMILES string of the molecule is Cc1cc(C)c(C(=O)N2CCC(C)CC2CN)o1. The molecule has 1 saturated heterocycles. The highest BCUT2D eigenvalue weighted by molar-refractivity contribution is 5.93. The quantitative estimate of drug-likeness (QED) is 0.874. The Balaban J connectivity index is 2.20. The van der Waals surface area contributed by atoms with E-state index in [4.69, 9.17) is 10.2 Å². The van der Waals surface area contributed by atoms with Crippen molar-refractivity contribution in [2.75, 3.05) is 13.1 Å². The fourth-order valence-corrected chi connectivity index (χ4v) is 2.73. The molecular formula is C14H22N2O2. The van der Waals surface area contributed by atoms with Gasteiger partial charge in [0, 0.05) is 24.7 Å². The van der Waals surface area contributed by atoms with Crippen molar-refractivity contribution in [2.24, 2.45) is 11.7 Å². The minimum atomic E-state index is -0.0112. The molecule has 4 nitrogen and oxygen atoms in total. The first-order valence-corrected chi connectivity index (χ1v) is 6.61. The molecule has 2 unspecified atom stereocenters. The molecule has 1 aliphatic rings. The Morgan fingerprint density at radius 3 is 2.83 bits per heavy atom. The van der Waals surface area contributed by atoms with E-state index in [-0.39, 0.29) is 11.9 Å². The van der Waals surface area contributed by atoms with Gasteiger partial charge in [-0.15, -0.1) is 0 Å². The number of hydrogen-bond acceptors (Lipinski definition) is 3. The molecule has 100 valence electrons. The third kappa shape index (κ3) is 2.43. The number of amides is 1. The van der Waals surface area contributed by atoms with Gasteiger partial charge in [0.15, 0.2) is 5.76 Å². The van der Waals surface area contributed by atoms with Crippen LogP contribution in [0.4, 0.5) is 0 Å². The molecule has 2 rings (SSSR count). The molecule has 1 amide bonds. The molecule has 0 radical (unpaired) electrons. The monoisotopic (exact) mass is 250 g/mol. The van der Waals surface area contributed by atoms with Crippen LogP contribution in [0.25, 0.3) is 0 Å². The van der Waals surface area contributed by atoms with Crippen LogP contribution < -0.4 is 5.73 Å². The highest BCUT2D eigenvalue weighted by Gasteiger charge is 2.31. The second kappa shape index (κ2) is 5.14. The van der Waals surface area contributed by atoms with E-state index in [2.05, 4.69) is 6.92 Å². The van der Waals surface area contributed by atoms with Crippen LogP contribution in [0.15, 0.2) is 10.5 Å². The summed E-state index contributed by atoms with van der Waals surface area (Å²) in [5, 5.41) is 0. The zero-order valence-corrected chi connectivity index (χ0v) is 11.4. The Bertz CT molecular complexity index is 439. The Hall–Kier alpha value is -1.29. The molecular weight excluding hydrogens is 228 g/mol. The van der Waals surface area contributed by atoms with Crippen LogP contribution in [0.3, 0.4) is 0 Å². The third-order valence-corrected chi connectivity index (χ3v) is 3.75. The fraction of sp³-hybridized carbons (Fsp3) is 0.643. The van der Waals surface area contributed by atoms with Gasteiger partial charge in [-0.1, -0.05) is 6.92 Å². The van der Waals surface area contributed by atoms with Crippen molar-refractivity contribution in [2.45, 2.75) is 39.7 Å². The maximum absolute atomic E-state index is 12.5. The van der Waals surface area contributed by atoms with Gasteiger partial charge in [0.05, 0.1) is 0 Å². The standard InChI is InChI=1S/C14H22N2O2/c1-9-4-5-16(12(6-9)8-15)14(17)13-10(2)7-11(3)18-13/h7,9,12H,4-6,8,15H2,1-3H3. The molecule has 1 aliphatic heterocycles. The van der Waals surface area contributed by atoms with Gasteiger partial charge >= 0.3 is 0 Å². The van der Waals surface area contributed by atoms with Gasteiger partial charge in [0.2, 0.25) is 0 Å². The maximum Gasteiger partial charge on any atom is 0.290 e. The van der Waals surface area contributed by atoms with Gasteiger partial charge in [0.25, 0.3) is 5.91 Å². The molecule has 2 atom stereocenters. The summed E-state index contributed by atoms with van der Waals surface area (Å²) in [5.41, 5.74) is 6.70. The van der Waals surface area contributed by atoms with E-state index < -0.39 is 0 Å². The van der Waals surface area contributed by atoms with Gasteiger partial charge < -0.3 is 15.1 Å². The maximum atomic E-state index is 12.5. The van der Waals surface area contributed by atoms with Crippen LogP contribution in [0.5, 0.6) is 0 Å². The average Bonchev–Trinajstić information content (AvgIpc) is 2.67. The third-order valence-electron chi connectivity index (χ3n) is 3.75. The lowest BCUT2D eigenvalue weighted by Crippen LogP contribution is -2.49. The molecule has 18 heavy (non-hydrogen) atoms. The van der Waals surface area contributed by atoms with Crippen molar-refractivity contribution >= 4 is 5.91 Å². The Morgan fingerprint density at radius 1 is 1.56 bits per heavy atom. The number of carbonyl (C=O) groups is 1. The van der Waals surface area contributed by atoms with E-state index in [9.17, 15) is 4.79 Å². The summed E-state index contributed by atoms with van der Waals surface area (Å²) in [5.74, 6) is 1.89. The summed E-state index contributed by atoms with van der Waals surface area (Å²) in [6.45, 7) is 7.29. The van der Waals surface area contributed by atoms with Gasteiger partial charge in [-0.25, -0.2) is 0 Å². The van der Waals surface area contributed by atoms with Gasteiger partial charge in [-0.3, -0.25) is 4.79 Å². The predicted molar refractivity (Wildman–Crippen MR) is 70.5 cm³/mol. The number of likely N-dealkylation sites (tertiary alicyclic amines) is 1. The fourth-order valence-electron chi connectivity index (χ4n) is 2.73.